The van der Waals surface area contributed by atoms with Crippen molar-refractivity contribution in [1.82, 2.24) is 4.98 Å². The van der Waals surface area contributed by atoms with E-state index in [-0.39, 0.29) is 0 Å². The van der Waals surface area contributed by atoms with Crippen molar-refractivity contribution in [3.05, 3.63) is 51.5 Å². The molecule has 2 nitrogen and oxygen atoms in total. The number of aliphatic hydroxyl groups excluding tert-OH is 1. The summed E-state index contributed by atoms with van der Waals surface area (Å²) in [5, 5.41) is 10.1. The van der Waals surface area contributed by atoms with Gasteiger partial charge in [0.2, 0.25) is 0 Å². The Bertz CT molecular complexity index is 492. The number of aliphatic hydroxyl groups is 1. The highest BCUT2D eigenvalue weighted by Crippen LogP contribution is 2.24. The van der Waals surface area contributed by atoms with Crippen LogP contribution in [0, 0.1) is 6.92 Å². The number of hydrogen-bond acceptors (Lipinski definition) is 3. The molecular formula is C14H17NOS. The second-order valence-corrected chi connectivity index (χ2v) is 5.49. The fraction of sp³-hybridized carbons (Fsp3) is 0.357. The van der Waals surface area contributed by atoms with Crippen LogP contribution >= 0.6 is 11.3 Å². The lowest BCUT2D eigenvalue weighted by atomic mass is 10.1. The monoisotopic (exact) mass is 247 g/mol. The van der Waals surface area contributed by atoms with E-state index in [1.165, 1.54) is 9.75 Å². The number of hydrogen-bond donors (Lipinski definition) is 1. The zero-order valence-electron chi connectivity index (χ0n) is 10.2. The summed E-state index contributed by atoms with van der Waals surface area (Å²) in [6.07, 6.45) is 4.83. The van der Waals surface area contributed by atoms with Crippen molar-refractivity contribution in [3.63, 3.8) is 0 Å². The molecule has 0 aliphatic heterocycles. The van der Waals surface area contributed by atoms with Crippen LogP contribution in [0.2, 0.25) is 0 Å². The number of aromatic nitrogens is 1. The van der Waals surface area contributed by atoms with Gasteiger partial charge in [-0.05, 0) is 36.6 Å². The first kappa shape index (κ1) is 12.3. The van der Waals surface area contributed by atoms with E-state index in [1.807, 2.05) is 13.0 Å². The lowest BCUT2D eigenvalue weighted by Crippen LogP contribution is -2.01. The van der Waals surface area contributed by atoms with Crippen LogP contribution < -0.4 is 0 Å². The average molecular weight is 247 g/mol. The molecule has 1 N–H and O–H groups in total. The van der Waals surface area contributed by atoms with Crippen LogP contribution in [-0.4, -0.2) is 10.1 Å². The SMILES string of the molecule is CCc1ccc(CC(O)c2cncc(C)c2)s1. The Morgan fingerprint density at radius 3 is 2.71 bits per heavy atom. The molecule has 3 heteroatoms. The normalized spacial score (nSPS) is 12.6. The van der Waals surface area contributed by atoms with Crippen molar-refractivity contribution in [3.8, 4) is 0 Å². The van der Waals surface area contributed by atoms with Gasteiger partial charge in [-0.1, -0.05) is 13.0 Å². The lowest BCUT2D eigenvalue weighted by Gasteiger charge is -2.09. The molecule has 0 amide bonds. The van der Waals surface area contributed by atoms with Gasteiger partial charge in [-0.25, -0.2) is 0 Å². The minimum absolute atomic E-state index is 0.453. The van der Waals surface area contributed by atoms with E-state index in [1.54, 1.807) is 23.7 Å². The summed E-state index contributed by atoms with van der Waals surface area (Å²) < 4.78 is 0. The molecule has 0 radical (unpaired) electrons. The molecule has 17 heavy (non-hydrogen) atoms. The smallest absolute Gasteiger partial charge is 0.0853 e. The summed E-state index contributed by atoms with van der Waals surface area (Å²) in [7, 11) is 0. The largest absolute Gasteiger partial charge is 0.388 e. The maximum absolute atomic E-state index is 10.1. The fourth-order valence-corrected chi connectivity index (χ4v) is 2.79. The number of pyridine rings is 1. The Morgan fingerprint density at radius 1 is 1.29 bits per heavy atom. The number of thiophene rings is 1. The summed E-state index contributed by atoms with van der Waals surface area (Å²) in [5.41, 5.74) is 1.98. The van der Waals surface area contributed by atoms with E-state index in [0.29, 0.717) is 6.42 Å². The van der Waals surface area contributed by atoms with Crippen LogP contribution in [-0.2, 0) is 12.8 Å². The van der Waals surface area contributed by atoms with Gasteiger partial charge < -0.3 is 5.11 Å². The van der Waals surface area contributed by atoms with E-state index >= 15 is 0 Å². The number of rotatable bonds is 4. The molecule has 0 saturated heterocycles. The summed E-state index contributed by atoms with van der Waals surface area (Å²) in [4.78, 5) is 6.71. The van der Waals surface area contributed by atoms with Crippen LogP contribution in [0.3, 0.4) is 0 Å². The zero-order valence-corrected chi connectivity index (χ0v) is 11.0. The van der Waals surface area contributed by atoms with Gasteiger partial charge in [-0.3, -0.25) is 4.98 Å². The highest BCUT2D eigenvalue weighted by molar-refractivity contribution is 7.11. The van der Waals surface area contributed by atoms with E-state index < -0.39 is 6.10 Å². The number of nitrogens with zero attached hydrogens (tertiary/aromatic N) is 1. The molecule has 0 saturated carbocycles. The van der Waals surface area contributed by atoms with Crippen molar-refractivity contribution in [1.29, 1.82) is 0 Å². The zero-order chi connectivity index (χ0) is 12.3. The number of aryl methyl sites for hydroxylation is 2. The Kier molecular flexibility index (Phi) is 3.92. The second-order valence-electron chi connectivity index (χ2n) is 4.24. The molecule has 0 aliphatic rings. The van der Waals surface area contributed by atoms with E-state index in [2.05, 4.69) is 24.0 Å². The molecule has 0 aromatic carbocycles. The topological polar surface area (TPSA) is 33.1 Å². The predicted molar refractivity (Wildman–Crippen MR) is 71.3 cm³/mol. The van der Waals surface area contributed by atoms with Gasteiger partial charge in [0.1, 0.15) is 0 Å². The maximum atomic E-state index is 10.1. The van der Waals surface area contributed by atoms with Crippen molar-refractivity contribution in [2.75, 3.05) is 0 Å². The van der Waals surface area contributed by atoms with Gasteiger partial charge in [-0.15, -0.1) is 11.3 Å². The molecule has 90 valence electrons. The Balaban J connectivity index is 2.08. The van der Waals surface area contributed by atoms with Crippen LogP contribution in [0.5, 0.6) is 0 Å². The molecular weight excluding hydrogens is 230 g/mol. The van der Waals surface area contributed by atoms with Gasteiger partial charge in [0.05, 0.1) is 6.10 Å². The minimum Gasteiger partial charge on any atom is -0.388 e. The third-order valence-corrected chi connectivity index (χ3v) is 3.99. The van der Waals surface area contributed by atoms with E-state index in [9.17, 15) is 5.11 Å². The van der Waals surface area contributed by atoms with Crippen LogP contribution in [0.4, 0.5) is 0 Å². The Hall–Kier alpha value is -1.19. The van der Waals surface area contributed by atoms with Crippen LogP contribution in [0.1, 0.15) is 33.9 Å². The van der Waals surface area contributed by atoms with Gasteiger partial charge in [-0.2, -0.15) is 0 Å². The summed E-state index contributed by atoms with van der Waals surface area (Å²) >= 11 is 1.78. The molecule has 1 atom stereocenters. The third-order valence-electron chi connectivity index (χ3n) is 2.74. The molecule has 0 spiro atoms. The Morgan fingerprint density at radius 2 is 2.06 bits per heavy atom. The molecule has 0 fully saturated rings. The molecule has 2 heterocycles. The quantitative estimate of drug-likeness (QED) is 0.899. The second kappa shape index (κ2) is 5.43. The van der Waals surface area contributed by atoms with Gasteiger partial charge >= 0.3 is 0 Å². The highest BCUT2D eigenvalue weighted by Gasteiger charge is 2.10. The van der Waals surface area contributed by atoms with Gasteiger partial charge in [0.15, 0.2) is 0 Å². The lowest BCUT2D eigenvalue weighted by molar-refractivity contribution is 0.179. The highest BCUT2D eigenvalue weighted by atomic mass is 32.1. The summed E-state index contributed by atoms with van der Waals surface area (Å²) in [5.74, 6) is 0. The third kappa shape index (κ3) is 3.14. The molecule has 2 aromatic rings. The van der Waals surface area contributed by atoms with Gasteiger partial charge in [0.25, 0.3) is 0 Å². The first-order valence-corrected chi connectivity index (χ1v) is 6.68. The first-order chi connectivity index (χ1) is 8.19. The van der Waals surface area contributed by atoms with Crippen LogP contribution in [0.15, 0.2) is 30.6 Å². The molecule has 0 bridgehead atoms. The predicted octanol–water partition coefficient (Wildman–Crippen LogP) is 3.29. The molecule has 1 unspecified atom stereocenters. The maximum Gasteiger partial charge on any atom is 0.0853 e. The van der Waals surface area contributed by atoms with Gasteiger partial charge in [0, 0.05) is 28.6 Å². The van der Waals surface area contributed by atoms with Crippen molar-refractivity contribution in [2.45, 2.75) is 32.8 Å². The van der Waals surface area contributed by atoms with Crippen molar-refractivity contribution >= 4 is 11.3 Å². The minimum atomic E-state index is -0.453. The average Bonchev–Trinajstić information content (AvgIpc) is 2.77. The Labute approximate surface area is 106 Å². The summed E-state index contributed by atoms with van der Waals surface area (Å²) in [6, 6.07) is 6.24. The van der Waals surface area contributed by atoms with Crippen molar-refractivity contribution in [2.24, 2.45) is 0 Å². The molecule has 0 aliphatic carbocycles. The first-order valence-electron chi connectivity index (χ1n) is 5.86. The summed E-state index contributed by atoms with van der Waals surface area (Å²) in [6.45, 7) is 4.14. The van der Waals surface area contributed by atoms with E-state index in [4.69, 9.17) is 0 Å². The standard InChI is InChI=1S/C14H17NOS/c1-3-12-4-5-13(17-12)7-14(16)11-6-10(2)8-15-9-11/h4-6,8-9,14,16H,3,7H2,1-2H3. The van der Waals surface area contributed by atoms with Crippen LogP contribution in [0.25, 0.3) is 0 Å². The molecule has 2 rings (SSSR count). The van der Waals surface area contributed by atoms with E-state index in [0.717, 1.165) is 17.5 Å². The fourth-order valence-electron chi connectivity index (χ4n) is 1.79. The molecule has 2 aromatic heterocycles. The van der Waals surface area contributed by atoms with Crippen molar-refractivity contribution < 1.29 is 5.11 Å².